The van der Waals surface area contributed by atoms with Gasteiger partial charge in [0.1, 0.15) is 0 Å². The molecule has 0 fully saturated rings. The fourth-order valence-corrected chi connectivity index (χ4v) is 1.12. The van der Waals surface area contributed by atoms with Crippen molar-refractivity contribution >= 4 is 0 Å². The number of hydrogen-bond donors (Lipinski definition) is 2. The summed E-state index contributed by atoms with van der Waals surface area (Å²) in [6.45, 7) is 4.34. The maximum absolute atomic E-state index is 11.2. The topological polar surface area (TPSA) is 66.9 Å². The molecule has 5 heteroatoms. The van der Waals surface area contributed by atoms with Crippen LogP contribution in [0.2, 0.25) is 0 Å². The summed E-state index contributed by atoms with van der Waals surface area (Å²) in [4.78, 5) is 24.1. The monoisotopic (exact) mass is 197 g/mol. The lowest BCUT2D eigenvalue weighted by Gasteiger charge is -2.04. The van der Waals surface area contributed by atoms with E-state index in [1.165, 1.54) is 16.8 Å². The van der Waals surface area contributed by atoms with E-state index < -0.39 is 0 Å². The Kier molecular flexibility index (Phi) is 4.12. The van der Waals surface area contributed by atoms with Gasteiger partial charge in [0, 0.05) is 25.4 Å². The molecule has 1 rings (SSSR count). The summed E-state index contributed by atoms with van der Waals surface area (Å²) in [5.41, 5.74) is -0.705. The van der Waals surface area contributed by atoms with Gasteiger partial charge in [-0.3, -0.25) is 14.3 Å². The highest BCUT2D eigenvalue weighted by atomic mass is 16.2. The minimum atomic E-state index is -0.354. The van der Waals surface area contributed by atoms with Crippen LogP contribution in [0.1, 0.15) is 13.3 Å². The molecule has 0 aliphatic heterocycles. The molecule has 1 aromatic rings. The van der Waals surface area contributed by atoms with Crippen LogP contribution in [0, 0.1) is 0 Å². The Morgan fingerprint density at radius 2 is 2.21 bits per heavy atom. The number of rotatable bonds is 5. The maximum Gasteiger partial charge on any atom is 0.328 e. The van der Waals surface area contributed by atoms with Gasteiger partial charge in [0.15, 0.2) is 0 Å². The van der Waals surface area contributed by atoms with Crippen LogP contribution >= 0.6 is 0 Å². The standard InChI is InChI=1S/C9H15N3O2/c1-2-4-10-5-7-12-6-3-8(13)11-9(12)14/h3,6,10H,2,4-5,7H2,1H3,(H,11,13,14). The zero-order chi connectivity index (χ0) is 10.4. The van der Waals surface area contributed by atoms with Gasteiger partial charge in [0.05, 0.1) is 0 Å². The van der Waals surface area contributed by atoms with Crippen molar-refractivity contribution in [1.29, 1.82) is 0 Å². The summed E-state index contributed by atoms with van der Waals surface area (Å²) in [6.07, 6.45) is 2.58. The molecule has 0 saturated heterocycles. The first kappa shape index (κ1) is 10.7. The lowest BCUT2D eigenvalue weighted by molar-refractivity contribution is 0.572. The van der Waals surface area contributed by atoms with Gasteiger partial charge in [0.2, 0.25) is 0 Å². The molecular weight excluding hydrogens is 182 g/mol. The third-order valence-electron chi connectivity index (χ3n) is 1.85. The van der Waals surface area contributed by atoms with Crippen molar-refractivity contribution in [2.24, 2.45) is 0 Å². The van der Waals surface area contributed by atoms with Crippen molar-refractivity contribution in [3.05, 3.63) is 33.1 Å². The number of nitrogens with one attached hydrogen (secondary N) is 2. The number of hydrogen-bond acceptors (Lipinski definition) is 3. The average Bonchev–Trinajstić information content (AvgIpc) is 2.15. The van der Waals surface area contributed by atoms with Crippen LogP contribution in [-0.4, -0.2) is 22.6 Å². The SMILES string of the molecule is CCCNCCn1ccc(=O)[nH]c1=O. The molecule has 0 radical (unpaired) electrons. The molecule has 0 amide bonds. The van der Waals surface area contributed by atoms with E-state index >= 15 is 0 Å². The summed E-state index contributed by atoms with van der Waals surface area (Å²) >= 11 is 0. The summed E-state index contributed by atoms with van der Waals surface area (Å²) in [5, 5.41) is 3.17. The second kappa shape index (κ2) is 5.39. The fourth-order valence-electron chi connectivity index (χ4n) is 1.12. The van der Waals surface area contributed by atoms with Crippen molar-refractivity contribution in [3.63, 3.8) is 0 Å². The van der Waals surface area contributed by atoms with E-state index in [4.69, 9.17) is 0 Å². The molecule has 1 heterocycles. The zero-order valence-corrected chi connectivity index (χ0v) is 8.25. The lowest BCUT2D eigenvalue weighted by Crippen LogP contribution is -2.32. The molecule has 0 aliphatic carbocycles. The van der Waals surface area contributed by atoms with Gasteiger partial charge >= 0.3 is 5.69 Å². The summed E-state index contributed by atoms with van der Waals surface area (Å²) in [5.74, 6) is 0. The lowest BCUT2D eigenvalue weighted by atomic mass is 10.4. The van der Waals surface area contributed by atoms with Gasteiger partial charge in [0.25, 0.3) is 5.56 Å². The highest BCUT2D eigenvalue weighted by Crippen LogP contribution is 1.76. The second-order valence-corrected chi connectivity index (χ2v) is 3.05. The number of aromatic amines is 1. The first-order valence-corrected chi connectivity index (χ1v) is 4.74. The van der Waals surface area contributed by atoms with Crippen LogP contribution in [0.5, 0.6) is 0 Å². The molecule has 2 N–H and O–H groups in total. The first-order valence-electron chi connectivity index (χ1n) is 4.74. The van der Waals surface area contributed by atoms with Crippen LogP contribution in [0.4, 0.5) is 0 Å². The highest BCUT2D eigenvalue weighted by molar-refractivity contribution is 4.82. The number of nitrogens with zero attached hydrogens (tertiary/aromatic N) is 1. The van der Waals surface area contributed by atoms with Crippen molar-refractivity contribution in [2.45, 2.75) is 19.9 Å². The molecular formula is C9H15N3O2. The zero-order valence-electron chi connectivity index (χ0n) is 8.25. The van der Waals surface area contributed by atoms with E-state index in [1.807, 2.05) is 0 Å². The predicted octanol–water partition coefficient (Wildman–Crippen LogP) is -0.464. The maximum atomic E-state index is 11.2. The molecule has 1 aromatic heterocycles. The number of H-pyrrole nitrogens is 1. The first-order chi connectivity index (χ1) is 6.74. The van der Waals surface area contributed by atoms with Crippen molar-refractivity contribution in [2.75, 3.05) is 13.1 Å². The van der Waals surface area contributed by atoms with Crippen LogP contribution in [0.3, 0.4) is 0 Å². The van der Waals surface area contributed by atoms with Gasteiger partial charge in [-0.05, 0) is 13.0 Å². The van der Waals surface area contributed by atoms with Gasteiger partial charge in [-0.15, -0.1) is 0 Å². The van der Waals surface area contributed by atoms with Crippen molar-refractivity contribution in [1.82, 2.24) is 14.9 Å². The molecule has 0 saturated carbocycles. The second-order valence-electron chi connectivity index (χ2n) is 3.05. The summed E-state index contributed by atoms with van der Waals surface area (Å²) in [7, 11) is 0. The average molecular weight is 197 g/mol. The van der Waals surface area contributed by atoms with Gasteiger partial charge in [-0.25, -0.2) is 4.79 Å². The molecule has 0 atom stereocenters. The third kappa shape index (κ3) is 3.18. The minimum Gasteiger partial charge on any atom is -0.315 e. The molecule has 0 bridgehead atoms. The molecule has 78 valence electrons. The number of aromatic nitrogens is 2. The van der Waals surface area contributed by atoms with E-state index in [0.717, 1.165) is 19.5 Å². The Labute approximate surface area is 81.8 Å². The van der Waals surface area contributed by atoms with E-state index in [2.05, 4.69) is 17.2 Å². The third-order valence-corrected chi connectivity index (χ3v) is 1.85. The molecule has 5 nitrogen and oxygen atoms in total. The van der Waals surface area contributed by atoms with E-state index in [0.29, 0.717) is 6.54 Å². The Hall–Kier alpha value is -1.36. The Balaban J connectivity index is 2.51. The van der Waals surface area contributed by atoms with E-state index in [1.54, 1.807) is 0 Å². The molecule has 14 heavy (non-hydrogen) atoms. The highest BCUT2D eigenvalue weighted by Gasteiger charge is 1.94. The molecule has 0 aromatic carbocycles. The summed E-state index contributed by atoms with van der Waals surface area (Å²) in [6, 6.07) is 1.35. The molecule has 0 aliphatic rings. The Morgan fingerprint density at radius 3 is 2.86 bits per heavy atom. The normalized spacial score (nSPS) is 10.4. The van der Waals surface area contributed by atoms with Crippen molar-refractivity contribution in [3.8, 4) is 0 Å². The van der Waals surface area contributed by atoms with E-state index in [-0.39, 0.29) is 11.2 Å². The van der Waals surface area contributed by atoms with Crippen LogP contribution in [-0.2, 0) is 6.54 Å². The van der Waals surface area contributed by atoms with Gasteiger partial charge in [-0.1, -0.05) is 6.92 Å². The minimum absolute atomic E-state index is 0.351. The predicted molar refractivity (Wildman–Crippen MR) is 54.5 cm³/mol. The quantitative estimate of drug-likeness (QED) is 0.627. The van der Waals surface area contributed by atoms with Crippen molar-refractivity contribution < 1.29 is 0 Å². The Morgan fingerprint density at radius 1 is 1.43 bits per heavy atom. The van der Waals surface area contributed by atoms with Crippen LogP contribution in [0.15, 0.2) is 21.9 Å². The fraction of sp³-hybridized carbons (Fsp3) is 0.556. The van der Waals surface area contributed by atoms with Crippen LogP contribution < -0.4 is 16.6 Å². The van der Waals surface area contributed by atoms with Crippen LogP contribution in [0.25, 0.3) is 0 Å². The van der Waals surface area contributed by atoms with Gasteiger partial charge in [-0.2, -0.15) is 0 Å². The van der Waals surface area contributed by atoms with E-state index in [9.17, 15) is 9.59 Å². The summed E-state index contributed by atoms with van der Waals surface area (Å²) < 4.78 is 1.48. The smallest absolute Gasteiger partial charge is 0.315 e. The van der Waals surface area contributed by atoms with Gasteiger partial charge < -0.3 is 5.32 Å². The Bertz CT molecular complexity index is 380. The molecule has 0 spiro atoms. The molecule has 0 unspecified atom stereocenters. The largest absolute Gasteiger partial charge is 0.328 e.